The van der Waals surface area contributed by atoms with Gasteiger partial charge in [-0.15, -0.1) is 0 Å². The summed E-state index contributed by atoms with van der Waals surface area (Å²) >= 11 is 0. The van der Waals surface area contributed by atoms with E-state index < -0.39 is 12.1 Å². The van der Waals surface area contributed by atoms with Crippen molar-refractivity contribution in [2.45, 2.75) is 11.6 Å². The second-order valence-corrected chi connectivity index (χ2v) is 6.60. The van der Waals surface area contributed by atoms with Crippen molar-refractivity contribution >= 4 is 5.78 Å². The van der Waals surface area contributed by atoms with Crippen LogP contribution in [0, 0.1) is 0 Å². The Morgan fingerprint density at radius 1 is 0.808 bits per heavy atom. The zero-order valence-corrected chi connectivity index (χ0v) is 14.5. The third-order valence-electron chi connectivity index (χ3n) is 5.15. The zero-order valence-electron chi connectivity index (χ0n) is 14.5. The second kappa shape index (κ2) is 6.87. The van der Waals surface area contributed by atoms with E-state index in [2.05, 4.69) is 41.3 Å². The Kier molecular flexibility index (Phi) is 4.41. The van der Waals surface area contributed by atoms with E-state index in [-0.39, 0.29) is 11.8 Å². The third kappa shape index (κ3) is 2.66. The fraction of sp³-hybridized carbons (Fsp3) is 0.174. The zero-order chi connectivity index (χ0) is 18.0. The molecule has 3 heteroatoms. The molecule has 130 valence electrons. The molecule has 3 aromatic carbocycles. The third-order valence-corrected chi connectivity index (χ3v) is 5.15. The summed E-state index contributed by atoms with van der Waals surface area (Å²) in [6, 6.07) is 30.6. The van der Waals surface area contributed by atoms with Gasteiger partial charge in [-0.25, -0.2) is 0 Å². The van der Waals surface area contributed by atoms with Crippen LogP contribution in [-0.2, 0) is 10.3 Å². The van der Waals surface area contributed by atoms with Crippen LogP contribution in [0.2, 0.25) is 0 Å². The van der Waals surface area contributed by atoms with Gasteiger partial charge < -0.3 is 5.11 Å². The lowest BCUT2D eigenvalue weighted by atomic mass is 9.76. The van der Waals surface area contributed by atoms with Crippen LogP contribution < -0.4 is 0 Å². The fourth-order valence-electron chi connectivity index (χ4n) is 3.93. The van der Waals surface area contributed by atoms with Crippen LogP contribution in [0.5, 0.6) is 0 Å². The van der Waals surface area contributed by atoms with Gasteiger partial charge >= 0.3 is 0 Å². The molecule has 1 aliphatic rings. The van der Waals surface area contributed by atoms with Gasteiger partial charge in [-0.05, 0) is 16.7 Å². The first-order valence-electron chi connectivity index (χ1n) is 8.85. The number of ketones is 1. The van der Waals surface area contributed by atoms with E-state index in [1.807, 2.05) is 54.6 Å². The number of benzene rings is 3. The van der Waals surface area contributed by atoms with Crippen molar-refractivity contribution in [3.8, 4) is 0 Å². The van der Waals surface area contributed by atoms with Gasteiger partial charge in [-0.2, -0.15) is 0 Å². The Morgan fingerprint density at radius 2 is 1.19 bits per heavy atom. The van der Waals surface area contributed by atoms with Gasteiger partial charge in [0.05, 0.1) is 11.6 Å². The summed E-state index contributed by atoms with van der Waals surface area (Å²) in [4.78, 5) is 14.4. The molecule has 1 N–H and O–H groups in total. The highest BCUT2D eigenvalue weighted by molar-refractivity contribution is 5.88. The van der Waals surface area contributed by atoms with E-state index in [9.17, 15) is 9.90 Å². The summed E-state index contributed by atoms with van der Waals surface area (Å²) in [6.45, 7) is 0.216. The largest absolute Gasteiger partial charge is 0.389 e. The quantitative estimate of drug-likeness (QED) is 0.552. The number of carbonyl (C=O) groups excluding carboxylic acids is 1. The summed E-state index contributed by atoms with van der Waals surface area (Å²) in [5.41, 5.74) is 2.79. The first-order chi connectivity index (χ1) is 12.8. The highest BCUT2D eigenvalue weighted by Gasteiger charge is 2.55. The molecule has 3 nitrogen and oxygen atoms in total. The Balaban J connectivity index is 1.97. The van der Waals surface area contributed by atoms with Crippen molar-refractivity contribution in [1.29, 1.82) is 0 Å². The SMILES string of the molecule is O=C(CO)[C@@H]1CN1C(c1ccccc1)(c1ccccc1)c1ccccc1. The summed E-state index contributed by atoms with van der Waals surface area (Å²) < 4.78 is 0. The molecule has 0 aliphatic carbocycles. The maximum atomic E-state index is 12.2. The molecule has 1 heterocycles. The molecule has 1 fully saturated rings. The van der Waals surface area contributed by atoms with Gasteiger partial charge in [0.2, 0.25) is 0 Å². The Morgan fingerprint density at radius 3 is 1.54 bits per heavy atom. The number of rotatable bonds is 6. The predicted octanol–water partition coefficient (Wildman–Crippen LogP) is 3.22. The molecule has 0 aromatic heterocycles. The summed E-state index contributed by atoms with van der Waals surface area (Å²) in [5.74, 6) is -0.128. The maximum absolute atomic E-state index is 12.2. The average molecular weight is 343 g/mol. The number of hydrogen-bond donors (Lipinski definition) is 1. The fourth-order valence-corrected chi connectivity index (χ4v) is 3.93. The van der Waals surface area contributed by atoms with Crippen LogP contribution in [-0.4, -0.2) is 35.0 Å². The first kappa shape index (κ1) is 16.7. The van der Waals surface area contributed by atoms with Crippen molar-refractivity contribution in [3.05, 3.63) is 108 Å². The molecule has 0 bridgehead atoms. The molecule has 0 saturated carbocycles. The van der Waals surface area contributed by atoms with Crippen molar-refractivity contribution in [2.24, 2.45) is 0 Å². The summed E-state index contributed by atoms with van der Waals surface area (Å²) in [6.07, 6.45) is 0. The molecule has 0 spiro atoms. The second-order valence-electron chi connectivity index (χ2n) is 6.60. The van der Waals surface area contributed by atoms with Gasteiger partial charge in [0.25, 0.3) is 0 Å². The lowest BCUT2D eigenvalue weighted by Crippen LogP contribution is -2.40. The molecule has 4 rings (SSSR count). The van der Waals surface area contributed by atoms with Gasteiger partial charge in [-0.1, -0.05) is 91.0 Å². The molecule has 1 unspecified atom stereocenters. The molecule has 0 amide bonds. The molecule has 1 saturated heterocycles. The van der Waals surface area contributed by atoms with E-state index in [1.54, 1.807) is 0 Å². The summed E-state index contributed by atoms with van der Waals surface area (Å²) in [7, 11) is 0. The van der Waals surface area contributed by atoms with Gasteiger partial charge in [0.1, 0.15) is 6.61 Å². The Hall–Kier alpha value is -2.75. The van der Waals surface area contributed by atoms with Gasteiger partial charge in [0.15, 0.2) is 5.78 Å². The van der Waals surface area contributed by atoms with Crippen LogP contribution in [0.15, 0.2) is 91.0 Å². The Labute approximate surface area is 153 Å². The van der Waals surface area contributed by atoms with Gasteiger partial charge in [0, 0.05) is 6.54 Å². The first-order valence-corrected chi connectivity index (χ1v) is 8.85. The molecular weight excluding hydrogens is 322 g/mol. The molecule has 26 heavy (non-hydrogen) atoms. The number of hydrogen-bond acceptors (Lipinski definition) is 3. The topological polar surface area (TPSA) is 40.3 Å². The van der Waals surface area contributed by atoms with Crippen LogP contribution in [0.3, 0.4) is 0 Å². The average Bonchev–Trinajstić information content (AvgIpc) is 3.52. The predicted molar refractivity (Wildman–Crippen MR) is 102 cm³/mol. The lowest BCUT2D eigenvalue weighted by molar-refractivity contribution is -0.122. The standard InChI is InChI=1S/C23H21NO2/c25-17-22(26)21-16-24(21)23(18-10-4-1-5-11-18,19-12-6-2-7-13-19)20-14-8-3-9-15-20/h1-15,21,25H,16-17H2/t21-,24?/m0/s1. The lowest BCUT2D eigenvalue weighted by Gasteiger charge is -2.38. The molecule has 3 aromatic rings. The number of aliphatic hydroxyl groups excluding tert-OH is 1. The van der Waals surface area contributed by atoms with E-state index in [1.165, 1.54) is 0 Å². The number of aliphatic hydroxyl groups is 1. The van der Waals surface area contributed by atoms with E-state index in [0.717, 1.165) is 16.7 Å². The highest BCUT2D eigenvalue weighted by Crippen LogP contribution is 2.48. The van der Waals surface area contributed by atoms with Crippen molar-refractivity contribution in [1.82, 2.24) is 4.90 Å². The number of nitrogens with zero attached hydrogens (tertiary/aromatic N) is 1. The maximum Gasteiger partial charge on any atom is 0.176 e. The molecular formula is C23H21NO2. The highest BCUT2D eigenvalue weighted by atomic mass is 16.3. The molecule has 1 aliphatic heterocycles. The van der Waals surface area contributed by atoms with Crippen LogP contribution >= 0.6 is 0 Å². The molecule has 0 radical (unpaired) electrons. The number of carbonyl (C=O) groups is 1. The Bertz CT molecular complexity index is 781. The van der Waals surface area contributed by atoms with Crippen molar-refractivity contribution < 1.29 is 9.90 Å². The van der Waals surface area contributed by atoms with Gasteiger partial charge in [-0.3, -0.25) is 9.69 Å². The normalized spacial score (nSPS) is 19.1. The summed E-state index contributed by atoms with van der Waals surface area (Å²) in [5, 5.41) is 9.36. The van der Waals surface area contributed by atoms with E-state index in [4.69, 9.17) is 0 Å². The minimum Gasteiger partial charge on any atom is -0.389 e. The minimum absolute atomic E-state index is 0.128. The smallest absolute Gasteiger partial charge is 0.176 e. The molecule has 2 atom stereocenters. The van der Waals surface area contributed by atoms with Crippen LogP contribution in [0.25, 0.3) is 0 Å². The minimum atomic E-state index is -0.556. The van der Waals surface area contributed by atoms with Crippen LogP contribution in [0.4, 0.5) is 0 Å². The van der Waals surface area contributed by atoms with Crippen molar-refractivity contribution in [2.75, 3.05) is 13.2 Å². The van der Waals surface area contributed by atoms with E-state index >= 15 is 0 Å². The monoisotopic (exact) mass is 343 g/mol. The van der Waals surface area contributed by atoms with Crippen LogP contribution in [0.1, 0.15) is 16.7 Å². The van der Waals surface area contributed by atoms with E-state index in [0.29, 0.717) is 6.54 Å². The van der Waals surface area contributed by atoms with Crippen molar-refractivity contribution in [3.63, 3.8) is 0 Å². The number of Topliss-reactive ketones (excluding diaryl/α,β-unsaturated/α-hetero) is 1.